The van der Waals surface area contributed by atoms with Gasteiger partial charge in [0.2, 0.25) is 0 Å². The third-order valence-corrected chi connectivity index (χ3v) is 8.75. The second kappa shape index (κ2) is 22.8. The lowest BCUT2D eigenvalue weighted by molar-refractivity contribution is 0.148. The van der Waals surface area contributed by atoms with E-state index in [2.05, 4.69) is 13.8 Å². The van der Waals surface area contributed by atoms with Gasteiger partial charge in [0.1, 0.15) is 0 Å². The van der Waals surface area contributed by atoms with Crippen molar-refractivity contribution in [3.8, 4) is 0 Å². The minimum Gasteiger partial charge on any atom is -0.393 e. The molecule has 0 saturated carbocycles. The highest BCUT2D eigenvalue weighted by Gasteiger charge is 2.23. The van der Waals surface area contributed by atoms with Crippen LogP contribution in [0.1, 0.15) is 156 Å². The smallest absolute Gasteiger partial charge is 0.0551 e. The summed E-state index contributed by atoms with van der Waals surface area (Å²) in [6, 6.07) is 0. The summed E-state index contributed by atoms with van der Waals surface area (Å²) in [5.74, 6) is 0. The van der Waals surface area contributed by atoms with Gasteiger partial charge in [-0.3, -0.25) is 4.21 Å². The maximum Gasteiger partial charge on any atom is 0.0551 e. The molecular formula is C28H58O3S. The lowest BCUT2D eigenvalue weighted by atomic mass is 10.0. The fourth-order valence-electron chi connectivity index (χ4n) is 4.62. The maximum absolute atomic E-state index is 12.8. The minimum absolute atomic E-state index is 0.00985. The van der Waals surface area contributed by atoms with Crippen molar-refractivity contribution in [2.75, 3.05) is 0 Å². The molecule has 4 heteroatoms. The van der Waals surface area contributed by atoms with E-state index in [4.69, 9.17) is 0 Å². The quantitative estimate of drug-likeness (QED) is 0.139. The average Bonchev–Trinajstić information content (AvgIpc) is 2.76. The van der Waals surface area contributed by atoms with E-state index in [0.29, 0.717) is 12.8 Å². The molecule has 0 spiro atoms. The van der Waals surface area contributed by atoms with Gasteiger partial charge in [0.05, 0.1) is 12.2 Å². The Labute approximate surface area is 204 Å². The molecule has 0 saturated heterocycles. The second-order valence-corrected chi connectivity index (χ2v) is 12.5. The number of aliphatic hydroxyl groups excluding tert-OH is 2. The highest BCUT2D eigenvalue weighted by Crippen LogP contribution is 2.19. The molecule has 0 aliphatic carbocycles. The van der Waals surface area contributed by atoms with Crippen LogP contribution in [0.2, 0.25) is 0 Å². The number of rotatable bonds is 24. The Kier molecular flexibility index (Phi) is 22.9. The summed E-state index contributed by atoms with van der Waals surface area (Å²) in [6.07, 6.45) is 22.6. The van der Waals surface area contributed by atoms with Crippen LogP contribution in [0.15, 0.2) is 0 Å². The molecular weight excluding hydrogens is 416 g/mol. The Morgan fingerprint density at radius 1 is 0.531 bits per heavy atom. The summed E-state index contributed by atoms with van der Waals surface area (Å²) in [6.45, 7) is 8.48. The van der Waals surface area contributed by atoms with Gasteiger partial charge >= 0.3 is 0 Å². The summed E-state index contributed by atoms with van der Waals surface area (Å²) in [4.78, 5) is 0. The maximum atomic E-state index is 12.8. The molecule has 0 aromatic carbocycles. The predicted octanol–water partition coefficient (Wildman–Crippen LogP) is 8.08. The molecule has 194 valence electrons. The van der Waals surface area contributed by atoms with E-state index in [1.807, 2.05) is 13.8 Å². The van der Waals surface area contributed by atoms with Crippen molar-refractivity contribution in [1.82, 2.24) is 0 Å². The molecule has 2 N–H and O–H groups in total. The number of hydrogen-bond acceptors (Lipinski definition) is 3. The predicted molar refractivity (Wildman–Crippen MR) is 143 cm³/mol. The first-order valence-corrected chi connectivity index (χ1v) is 15.4. The monoisotopic (exact) mass is 474 g/mol. The van der Waals surface area contributed by atoms with Crippen molar-refractivity contribution in [2.24, 2.45) is 0 Å². The van der Waals surface area contributed by atoms with Crippen LogP contribution in [0.3, 0.4) is 0 Å². The zero-order chi connectivity index (χ0) is 24.0. The number of unbranched alkanes of at least 4 members (excludes halogenated alkanes) is 14. The van der Waals surface area contributed by atoms with E-state index in [1.54, 1.807) is 0 Å². The second-order valence-electron chi connectivity index (χ2n) is 10.3. The van der Waals surface area contributed by atoms with Crippen molar-refractivity contribution in [3.05, 3.63) is 0 Å². The van der Waals surface area contributed by atoms with Crippen LogP contribution in [-0.2, 0) is 10.8 Å². The van der Waals surface area contributed by atoms with Crippen LogP contribution in [-0.4, -0.2) is 37.1 Å². The molecule has 0 radical (unpaired) electrons. The Morgan fingerprint density at radius 2 is 0.812 bits per heavy atom. The van der Waals surface area contributed by atoms with Gasteiger partial charge in [-0.1, -0.05) is 130 Å². The fourth-order valence-corrected chi connectivity index (χ4v) is 6.23. The van der Waals surface area contributed by atoms with Crippen LogP contribution < -0.4 is 0 Å². The van der Waals surface area contributed by atoms with Crippen molar-refractivity contribution in [1.29, 1.82) is 0 Å². The van der Waals surface area contributed by atoms with E-state index >= 15 is 0 Å². The van der Waals surface area contributed by atoms with E-state index < -0.39 is 10.8 Å². The SMILES string of the molecule is CCCCCCCCCCC(O)CC(C)S(=O)C(C)CC(O)CCCCCCCCCC. The highest BCUT2D eigenvalue weighted by molar-refractivity contribution is 7.86. The van der Waals surface area contributed by atoms with Gasteiger partial charge in [-0.15, -0.1) is 0 Å². The Morgan fingerprint density at radius 3 is 1.12 bits per heavy atom. The molecule has 4 unspecified atom stereocenters. The zero-order valence-electron chi connectivity index (χ0n) is 22.2. The van der Waals surface area contributed by atoms with E-state index in [0.717, 1.165) is 25.7 Å². The number of hydrogen-bond donors (Lipinski definition) is 2. The molecule has 4 atom stereocenters. The summed E-state index contributed by atoms with van der Waals surface area (Å²) in [5.41, 5.74) is 0. The highest BCUT2D eigenvalue weighted by atomic mass is 32.2. The standard InChI is InChI=1S/C28H58O3S/c1-5-7-9-11-13-15-17-19-21-27(29)23-25(3)32(31)26(4)24-28(30)22-20-18-16-14-12-10-8-6-2/h25-30H,5-24H2,1-4H3. The van der Waals surface area contributed by atoms with Gasteiger partial charge in [-0.2, -0.15) is 0 Å². The Bertz CT molecular complexity index is 379. The average molecular weight is 475 g/mol. The molecule has 0 aromatic rings. The lowest BCUT2D eigenvalue weighted by Crippen LogP contribution is -2.28. The van der Waals surface area contributed by atoms with Crippen molar-refractivity contribution < 1.29 is 14.4 Å². The van der Waals surface area contributed by atoms with Crippen LogP contribution in [0.25, 0.3) is 0 Å². The van der Waals surface area contributed by atoms with Gasteiger partial charge < -0.3 is 10.2 Å². The molecule has 0 fully saturated rings. The molecule has 0 aliphatic heterocycles. The third kappa shape index (κ3) is 19.5. The zero-order valence-corrected chi connectivity index (χ0v) is 23.0. The molecule has 3 nitrogen and oxygen atoms in total. The minimum atomic E-state index is -0.998. The first-order valence-electron chi connectivity index (χ1n) is 14.2. The molecule has 0 heterocycles. The van der Waals surface area contributed by atoms with Crippen LogP contribution in [0.5, 0.6) is 0 Å². The van der Waals surface area contributed by atoms with E-state index in [1.165, 1.54) is 89.9 Å². The Hall–Kier alpha value is 0.0700. The van der Waals surface area contributed by atoms with Gasteiger partial charge in [0.15, 0.2) is 0 Å². The van der Waals surface area contributed by atoms with Gasteiger partial charge in [-0.25, -0.2) is 0 Å². The van der Waals surface area contributed by atoms with E-state index in [-0.39, 0.29) is 22.7 Å². The molecule has 32 heavy (non-hydrogen) atoms. The summed E-state index contributed by atoms with van der Waals surface area (Å²) in [7, 11) is -0.998. The third-order valence-electron chi connectivity index (χ3n) is 6.78. The summed E-state index contributed by atoms with van der Waals surface area (Å²) >= 11 is 0. The largest absolute Gasteiger partial charge is 0.393 e. The van der Waals surface area contributed by atoms with Gasteiger partial charge in [0, 0.05) is 21.3 Å². The van der Waals surface area contributed by atoms with Crippen molar-refractivity contribution in [2.45, 2.75) is 179 Å². The van der Waals surface area contributed by atoms with Crippen LogP contribution >= 0.6 is 0 Å². The Balaban J connectivity index is 3.81. The number of aliphatic hydroxyl groups is 2. The van der Waals surface area contributed by atoms with Crippen LogP contribution in [0.4, 0.5) is 0 Å². The summed E-state index contributed by atoms with van der Waals surface area (Å²) < 4.78 is 12.8. The topological polar surface area (TPSA) is 57.5 Å². The lowest BCUT2D eigenvalue weighted by Gasteiger charge is -2.22. The van der Waals surface area contributed by atoms with Gasteiger partial charge in [0.25, 0.3) is 0 Å². The first kappa shape index (κ1) is 32.1. The molecule has 0 aromatic heterocycles. The first-order chi connectivity index (χ1) is 15.4. The van der Waals surface area contributed by atoms with Crippen molar-refractivity contribution >= 4 is 10.8 Å². The summed E-state index contributed by atoms with van der Waals surface area (Å²) in [5, 5.41) is 20.7. The van der Waals surface area contributed by atoms with Crippen LogP contribution in [0, 0.1) is 0 Å². The van der Waals surface area contributed by atoms with E-state index in [9.17, 15) is 14.4 Å². The normalized spacial score (nSPS) is 16.6. The molecule has 0 bridgehead atoms. The van der Waals surface area contributed by atoms with Crippen molar-refractivity contribution in [3.63, 3.8) is 0 Å². The molecule has 0 aliphatic rings. The van der Waals surface area contributed by atoms with Gasteiger partial charge in [-0.05, 0) is 25.7 Å². The fraction of sp³-hybridized carbons (Fsp3) is 1.00. The molecule has 0 amide bonds. The molecule has 0 rings (SSSR count).